The second-order valence-corrected chi connectivity index (χ2v) is 11.6. The average molecular weight is 564 g/mol. The number of unbranched alkanes of at least 4 members (excludes halogenated alkanes) is 1. The number of carbonyl (C=O) groups is 2. The maximum atomic E-state index is 13.6. The molecule has 2 fully saturated rings. The first kappa shape index (κ1) is 30.4. The molecule has 3 N–H and O–H groups in total. The highest BCUT2D eigenvalue weighted by molar-refractivity contribution is 5.79. The number of fused-ring (bicyclic) bond motifs is 1. The maximum absolute atomic E-state index is 13.6. The van der Waals surface area contributed by atoms with Crippen LogP contribution in [0.15, 0.2) is 12.1 Å². The van der Waals surface area contributed by atoms with Gasteiger partial charge in [-0.1, -0.05) is 27.2 Å². The Balaban J connectivity index is 1.67. The Kier molecular flexibility index (Phi) is 10.2. The van der Waals surface area contributed by atoms with Crippen molar-refractivity contribution >= 4 is 11.9 Å². The van der Waals surface area contributed by atoms with Crippen LogP contribution in [0.3, 0.4) is 0 Å². The summed E-state index contributed by atoms with van der Waals surface area (Å²) < 4.78 is 28.4. The minimum Gasteiger partial charge on any atom is -0.493 e. The van der Waals surface area contributed by atoms with Crippen LogP contribution in [0.4, 0.5) is 0 Å². The molecule has 0 saturated carbocycles. The molecule has 3 heterocycles. The number of rotatable bonds is 14. The van der Waals surface area contributed by atoms with Gasteiger partial charge in [0.25, 0.3) is 0 Å². The maximum Gasteiger partial charge on any atom is 0.308 e. The van der Waals surface area contributed by atoms with E-state index in [0.29, 0.717) is 63.1 Å². The fourth-order valence-electron chi connectivity index (χ4n) is 6.16. The summed E-state index contributed by atoms with van der Waals surface area (Å²) in [6.45, 7) is 9.56. The number of nitrogens with zero attached hydrogens (tertiary/aromatic N) is 2. The van der Waals surface area contributed by atoms with Crippen LogP contribution in [0.2, 0.25) is 0 Å². The number of carboxylic acid groups (broad SMARTS) is 1. The van der Waals surface area contributed by atoms with Gasteiger partial charge < -0.3 is 39.4 Å². The molecule has 11 heteroatoms. The average Bonchev–Trinajstić information content (AvgIpc) is 3.69. The molecular formula is C29H45N3O8. The third-order valence-corrected chi connectivity index (χ3v) is 8.24. The predicted octanol–water partition coefficient (Wildman–Crippen LogP) is 2.66. The van der Waals surface area contributed by atoms with Crippen LogP contribution in [0, 0.1) is 11.3 Å². The minimum absolute atomic E-state index is 0.00821. The lowest BCUT2D eigenvalue weighted by Crippen LogP contribution is -2.47. The van der Waals surface area contributed by atoms with Crippen molar-refractivity contribution in [2.75, 3.05) is 59.8 Å². The third-order valence-electron chi connectivity index (χ3n) is 8.24. The monoisotopic (exact) mass is 563 g/mol. The molecule has 1 aromatic rings. The highest BCUT2D eigenvalue weighted by Gasteiger charge is 2.51. The van der Waals surface area contributed by atoms with Crippen LogP contribution in [0.25, 0.3) is 0 Å². The first-order chi connectivity index (χ1) is 19.2. The van der Waals surface area contributed by atoms with Crippen molar-refractivity contribution < 1.29 is 38.4 Å². The molecular weight excluding hydrogens is 518 g/mol. The van der Waals surface area contributed by atoms with Crippen molar-refractivity contribution in [2.45, 2.75) is 64.7 Å². The lowest BCUT2D eigenvalue weighted by molar-refractivity contribution is -0.148. The number of nitrogens with two attached hydrogens (primary N) is 1. The number of methoxy groups -OCH3 is 1. The van der Waals surface area contributed by atoms with E-state index in [2.05, 4.69) is 6.92 Å². The Bertz CT molecular complexity index is 1020. The fourth-order valence-corrected chi connectivity index (χ4v) is 6.16. The van der Waals surface area contributed by atoms with Crippen LogP contribution >= 0.6 is 0 Å². The normalized spacial score (nSPS) is 23.1. The van der Waals surface area contributed by atoms with Gasteiger partial charge in [0, 0.05) is 37.0 Å². The van der Waals surface area contributed by atoms with Crippen LogP contribution in [0.5, 0.6) is 17.2 Å². The number of likely N-dealkylation sites (tertiary alicyclic amines) is 1. The Morgan fingerprint density at radius 1 is 1.18 bits per heavy atom. The largest absolute Gasteiger partial charge is 0.493 e. The number of hydrogen-bond acceptors (Lipinski definition) is 9. The summed E-state index contributed by atoms with van der Waals surface area (Å²) in [5, 5.41) is 10.6. The van der Waals surface area contributed by atoms with Gasteiger partial charge in [0.1, 0.15) is 0 Å². The Labute approximate surface area is 236 Å². The molecule has 40 heavy (non-hydrogen) atoms. The topological polar surface area (TPSA) is 133 Å². The highest BCUT2D eigenvalue weighted by Crippen LogP contribution is 2.48. The van der Waals surface area contributed by atoms with Gasteiger partial charge in [0.15, 0.2) is 17.8 Å². The zero-order valence-electron chi connectivity index (χ0n) is 24.2. The van der Waals surface area contributed by atoms with Crippen molar-refractivity contribution in [2.24, 2.45) is 17.1 Å². The second-order valence-electron chi connectivity index (χ2n) is 11.6. The van der Waals surface area contributed by atoms with Crippen molar-refractivity contribution in [3.05, 3.63) is 17.7 Å². The van der Waals surface area contributed by atoms with E-state index < -0.39 is 35.6 Å². The lowest BCUT2D eigenvalue weighted by Gasteiger charge is -2.37. The Morgan fingerprint density at radius 2 is 1.90 bits per heavy atom. The third kappa shape index (κ3) is 6.64. The number of amides is 1. The molecule has 0 bridgehead atoms. The van der Waals surface area contributed by atoms with Gasteiger partial charge in [-0.05, 0) is 43.5 Å². The number of hydrogen-bond donors (Lipinski definition) is 2. The zero-order valence-corrected chi connectivity index (χ0v) is 24.2. The molecule has 3 aliphatic heterocycles. The van der Waals surface area contributed by atoms with Crippen LogP contribution < -0.4 is 19.9 Å². The molecule has 2 saturated heterocycles. The van der Waals surface area contributed by atoms with E-state index in [1.54, 1.807) is 7.11 Å². The summed E-state index contributed by atoms with van der Waals surface area (Å²) in [5.41, 5.74) is 6.06. The highest BCUT2D eigenvalue weighted by atomic mass is 16.7. The molecule has 1 aromatic carbocycles. The molecule has 3 atom stereocenters. The molecule has 4 rings (SSSR count). The fraction of sp³-hybridized carbons (Fsp3) is 0.724. The van der Waals surface area contributed by atoms with Gasteiger partial charge in [0.05, 0.1) is 32.8 Å². The van der Waals surface area contributed by atoms with E-state index in [1.807, 2.05) is 35.8 Å². The number of benzene rings is 1. The van der Waals surface area contributed by atoms with E-state index in [-0.39, 0.29) is 19.2 Å². The molecule has 0 aliphatic carbocycles. The smallest absolute Gasteiger partial charge is 0.308 e. The first-order valence-electron chi connectivity index (χ1n) is 14.4. The summed E-state index contributed by atoms with van der Waals surface area (Å²) >= 11 is 0. The van der Waals surface area contributed by atoms with Gasteiger partial charge in [-0.25, -0.2) is 0 Å². The van der Waals surface area contributed by atoms with E-state index in [4.69, 9.17) is 29.4 Å². The van der Waals surface area contributed by atoms with E-state index >= 15 is 0 Å². The van der Waals surface area contributed by atoms with Gasteiger partial charge >= 0.3 is 5.97 Å². The van der Waals surface area contributed by atoms with E-state index in [9.17, 15) is 14.7 Å². The van der Waals surface area contributed by atoms with Gasteiger partial charge in [0.2, 0.25) is 18.4 Å². The number of carboxylic acids is 1. The summed E-state index contributed by atoms with van der Waals surface area (Å²) in [7, 11) is 1.55. The second kappa shape index (κ2) is 13.4. The molecule has 1 unspecified atom stereocenters. The molecule has 11 nitrogen and oxygen atoms in total. The van der Waals surface area contributed by atoms with Gasteiger partial charge in [-0.3, -0.25) is 14.5 Å². The molecule has 0 aromatic heterocycles. The van der Waals surface area contributed by atoms with E-state index in [1.165, 1.54) is 0 Å². The molecule has 0 spiro atoms. The van der Waals surface area contributed by atoms with Gasteiger partial charge in [-0.2, -0.15) is 0 Å². The summed E-state index contributed by atoms with van der Waals surface area (Å²) in [6.07, 6.45) is 2.65. The first-order valence-corrected chi connectivity index (χ1v) is 14.4. The van der Waals surface area contributed by atoms with Crippen LogP contribution in [-0.4, -0.2) is 99.0 Å². The summed E-state index contributed by atoms with van der Waals surface area (Å²) in [4.78, 5) is 30.5. The predicted molar refractivity (Wildman–Crippen MR) is 148 cm³/mol. The minimum atomic E-state index is -0.906. The van der Waals surface area contributed by atoms with Crippen LogP contribution in [0.1, 0.15) is 57.9 Å². The molecule has 1 amide bonds. The molecule has 0 radical (unpaired) electrons. The van der Waals surface area contributed by atoms with Crippen molar-refractivity contribution in [3.8, 4) is 17.2 Å². The quantitative estimate of drug-likeness (QED) is 0.348. The summed E-state index contributed by atoms with van der Waals surface area (Å²) in [5.74, 6) is -0.531. The Hall–Kier alpha value is -2.60. The number of aliphatic carboxylic acids is 1. The van der Waals surface area contributed by atoms with Crippen molar-refractivity contribution in [1.82, 2.24) is 9.80 Å². The van der Waals surface area contributed by atoms with Crippen molar-refractivity contribution in [3.63, 3.8) is 0 Å². The SMILES string of the molecule is CCCCN(CCCN)C(=O)CN1C[C@H](c2cc(OC)c3c(c2)OCO3)C(C(=O)O)[C@@H]1CC(C)(C)C1OCCO1. The Morgan fingerprint density at radius 3 is 2.55 bits per heavy atom. The van der Waals surface area contributed by atoms with E-state index in [0.717, 1.165) is 24.8 Å². The van der Waals surface area contributed by atoms with Gasteiger partial charge in [-0.15, -0.1) is 0 Å². The van der Waals surface area contributed by atoms with Crippen LogP contribution in [-0.2, 0) is 19.1 Å². The standard InChI is InChI=1S/C29H45N3O8/c1-5-6-9-31(10-7-8-30)24(33)17-32-16-20(19-13-22(36-4)26-23(14-19)39-18-40-26)25(27(34)35)21(32)15-29(2,3)28-37-11-12-38-28/h13-14,20-21,25,28H,5-12,15-18,30H2,1-4H3,(H,34,35)/t20-,21+,25?/m1/s1. The summed E-state index contributed by atoms with van der Waals surface area (Å²) in [6, 6.07) is 3.25. The molecule has 224 valence electrons. The molecule has 3 aliphatic rings. The van der Waals surface area contributed by atoms with Crippen molar-refractivity contribution in [1.29, 1.82) is 0 Å². The zero-order chi connectivity index (χ0) is 28.9. The lowest BCUT2D eigenvalue weighted by atomic mass is 9.77. The number of carbonyl (C=O) groups excluding carboxylic acids is 1. The number of ether oxygens (including phenoxy) is 5.